The molecule has 0 saturated carbocycles. The summed E-state index contributed by atoms with van der Waals surface area (Å²) >= 11 is 11.7. The normalized spacial score (nSPS) is 11.6. The Morgan fingerprint density at radius 2 is 1.74 bits per heavy atom. The fourth-order valence-electron chi connectivity index (χ4n) is 1.57. The summed E-state index contributed by atoms with van der Waals surface area (Å²) in [5.74, 6) is 0. The first-order chi connectivity index (χ1) is 8.77. The van der Waals surface area contributed by atoms with Gasteiger partial charge in [-0.05, 0) is 29.8 Å². The lowest BCUT2D eigenvalue weighted by Crippen LogP contribution is -2.15. The SMILES string of the molecule is O=c1cc(-c2cc(Cl)ccc2Cl)cc(C(F)(F)F)[nH]1. The van der Waals surface area contributed by atoms with Gasteiger partial charge in [-0.3, -0.25) is 4.79 Å². The molecule has 2 nitrogen and oxygen atoms in total. The molecule has 0 atom stereocenters. The first kappa shape index (κ1) is 14.0. The summed E-state index contributed by atoms with van der Waals surface area (Å²) in [7, 11) is 0. The molecule has 7 heteroatoms. The summed E-state index contributed by atoms with van der Waals surface area (Å²) in [5.41, 5.74) is -1.67. The van der Waals surface area contributed by atoms with E-state index in [0.717, 1.165) is 12.1 Å². The van der Waals surface area contributed by atoms with E-state index in [-0.39, 0.29) is 16.1 Å². The number of aromatic nitrogens is 1. The molecule has 1 aromatic carbocycles. The highest BCUT2D eigenvalue weighted by molar-refractivity contribution is 6.35. The van der Waals surface area contributed by atoms with Gasteiger partial charge in [0.25, 0.3) is 0 Å². The number of alkyl halides is 3. The third-order valence-electron chi connectivity index (χ3n) is 2.39. The molecule has 0 fully saturated rings. The molecule has 0 aliphatic carbocycles. The van der Waals surface area contributed by atoms with E-state index in [1.54, 1.807) is 4.98 Å². The second-order valence-corrected chi connectivity index (χ2v) is 4.61. The minimum absolute atomic E-state index is 0.0589. The van der Waals surface area contributed by atoms with Crippen LogP contribution in [0.2, 0.25) is 10.0 Å². The third kappa shape index (κ3) is 3.11. The van der Waals surface area contributed by atoms with Crippen molar-refractivity contribution >= 4 is 23.2 Å². The maximum atomic E-state index is 12.6. The smallest absolute Gasteiger partial charge is 0.318 e. The summed E-state index contributed by atoms with van der Waals surface area (Å²) in [6.45, 7) is 0. The zero-order valence-electron chi connectivity index (χ0n) is 9.18. The number of H-pyrrole nitrogens is 1. The van der Waals surface area contributed by atoms with Crippen LogP contribution in [-0.4, -0.2) is 4.98 Å². The zero-order chi connectivity index (χ0) is 14.2. The van der Waals surface area contributed by atoms with Gasteiger partial charge in [0.2, 0.25) is 5.56 Å². The first-order valence-corrected chi connectivity index (χ1v) is 5.80. The number of hydrogen-bond donors (Lipinski definition) is 1. The van der Waals surface area contributed by atoms with Crippen LogP contribution in [0.1, 0.15) is 5.69 Å². The highest BCUT2D eigenvalue weighted by atomic mass is 35.5. The molecule has 0 aliphatic heterocycles. The quantitative estimate of drug-likeness (QED) is 0.834. The number of benzene rings is 1. The first-order valence-electron chi connectivity index (χ1n) is 5.04. The Kier molecular flexibility index (Phi) is 3.60. The van der Waals surface area contributed by atoms with Crippen molar-refractivity contribution in [3.8, 4) is 11.1 Å². The lowest BCUT2D eigenvalue weighted by Gasteiger charge is -2.09. The summed E-state index contributed by atoms with van der Waals surface area (Å²) in [4.78, 5) is 13.0. The van der Waals surface area contributed by atoms with Crippen LogP contribution in [0.15, 0.2) is 35.1 Å². The van der Waals surface area contributed by atoms with Crippen molar-refractivity contribution in [1.29, 1.82) is 0 Å². The van der Waals surface area contributed by atoms with Crippen molar-refractivity contribution < 1.29 is 13.2 Å². The van der Waals surface area contributed by atoms with Gasteiger partial charge in [-0.2, -0.15) is 13.2 Å². The van der Waals surface area contributed by atoms with E-state index in [0.29, 0.717) is 5.02 Å². The molecule has 2 rings (SSSR count). The molecular formula is C12H6Cl2F3NO. The second kappa shape index (κ2) is 4.90. The Morgan fingerprint density at radius 3 is 2.37 bits per heavy atom. The summed E-state index contributed by atoms with van der Waals surface area (Å²) in [6, 6.07) is 6.21. The van der Waals surface area contributed by atoms with Crippen LogP contribution < -0.4 is 5.56 Å². The fourth-order valence-corrected chi connectivity index (χ4v) is 1.97. The molecule has 100 valence electrons. The highest BCUT2D eigenvalue weighted by Crippen LogP contribution is 2.33. The Labute approximate surface area is 115 Å². The van der Waals surface area contributed by atoms with Crippen LogP contribution in [0.5, 0.6) is 0 Å². The van der Waals surface area contributed by atoms with Gasteiger partial charge in [0, 0.05) is 21.7 Å². The molecule has 0 unspecified atom stereocenters. The van der Waals surface area contributed by atoms with Crippen molar-refractivity contribution in [2.24, 2.45) is 0 Å². The molecule has 19 heavy (non-hydrogen) atoms. The molecule has 1 heterocycles. The molecule has 0 amide bonds. The van der Waals surface area contributed by atoms with Gasteiger partial charge >= 0.3 is 6.18 Å². The molecular weight excluding hydrogens is 302 g/mol. The lowest BCUT2D eigenvalue weighted by molar-refractivity contribution is -0.141. The summed E-state index contributed by atoms with van der Waals surface area (Å²) in [5, 5.41) is 0.524. The van der Waals surface area contributed by atoms with Crippen LogP contribution >= 0.6 is 23.2 Å². The van der Waals surface area contributed by atoms with Crippen molar-refractivity contribution in [2.45, 2.75) is 6.18 Å². The topological polar surface area (TPSA) is 32.9 Å². The number of aromatic amines is 1. The maximum Gasteiger partial charge on any atom is 0.431 e. The fraction of sp³-hybridized carbons (Fsp3) is 0.0833. The monoisotopic (exact) mass is 307 g/mol. The van der Waals surface area contributed by atoms with E-state index in [2.05, 4.69) is 0 Å². The Balaban J connectivity index is 2.66. The molecule has 0 saturated heterocycles. The average Bonchev–Trinajstić information content (AvgIpc) is 2.30. The van der Waals surface area contributed by atoms with Crippen LogP contribution in [-0.2, 0) is 6.18 Å². The number of nitrogens with one attached hydrogen (secondary N) is 1. The largest absolute Gasteiger partial charge is 0.431 e. The zero-order valence-corrected chi connectivity index (χ0v) is 10.7. The number of pyridine rings is 1. The van der Waals surface area contributed by atoms with E-state index in [1.165, 1.54) is 18.2 Å². The average molecular weight is 308 g/mol. The number of halogens is 5. The van der Waals surface area contributed by atoms with Gasteiger partial charge in [-0.1, -0.05) is 23.2 Å². The summed E-state index contributed by atoms with van der Waals surface area (Å²) in [6.07, 6.45) is -4.64. The van der Waals surface area contributed by atoms with E-state index in [9.17, 15) is 18.0 Å². The van der Waals surface area contributed by atoms with E-state index < -0.39 is 17.4 Å². The molecule has 0 spiro atoms. The van der Waals surface area contributed by atoms with Gasteiger partial charge in [0.15, 0.2) is 0 Å². The Morgan fingerprint density at radius 1 is 1.05 bits per heavy atom. The van der Waals surface area contributed by atoms with E-state index in [4.69, 9.17) is 23.2 Å². The standard InChI is InChI=1S/C12H6Cl2F3NO/c13-7-1-2-9(14)8(5-7)6-3-10(12(15,16)17)18-11(19)4-6/h1-5H,(H,18,19). The number of hydrogen-bond acceptors (Lipinski definition) is 1. The molecule has 0 radical (unpaired) electrons. The third-order valence-corrected chi connectivity index (χ3v) is 2.95. The molecule has 1 N–H and O–H groups in total. The van der Waals surface area contributed by atoms with Crippen LogP contribution in [0.25, 0.3) is 11.1 Å². The molecule has 2 aromatic rings. The van der Waals surface area contributed by atoms with E-state index in [1.807, 2.05) is 0 Å². The molecule has 1 aromatic heterocycles. The second-order valence-electron chi connectivity index (χ2n) is 3.77. The minimum atomic E-state index is -4.64. The van der Waals surface area contributed by atoms with Crippen LogP contribution in [0.3, 0.4) is 0 Å². The highest BCUT2D eigenvalue weighted by Gasteiger charge is 2.32. The minimum Gasteiger partial charge on any atom is -0.318 e. The van der Waals surface area contributed by atoms with E-state index >= 15 is 0 Å². The van der Waals surface area contributed by atoms with Crippen LogP contribution in [0.4, 0.5) is 13.2 Å². The van der Waals surface area contributed by atoms with Crippen molar-refractivity contribution in [3.63, 3.8) is 0 Å². The molecule has 0 bridgehead atoms. The van der Waals surface area contributed by atoms with Crippen LogP contribution in [0, 0.1) is 0 Å². The molecule has 0 aliphatic rings. The summed E-state index contributed by atoms with van der Waals surface area (Å²) < 4.78 is 37.8. The van der Waals surface area contributed by atoms with Gasteiger partial charge in [-0.15, -0.1) is 0 Å². The van der Waals surface area contributed by atoms with Gasteiger partial charge in [0.1, 0.15) is 5.69 Å². The lowest BCUT2D eigenvalue weighted by atomic mass is 10.1. The Hall–Kier alpha value is -1.46. The Bertz CT molecular complexity index is 679. The van der Waals surface area contributed by atoms with Gasteiger partial charge < -0.3 is 4.98 Å². The van der Waals surface area contributed by atoms with Crippen molar-refractivity contribution in [2.75, 3.05) is 0 Å². The maximum absolute atomic E-state index is 12.6. The predicted molar refractivity (Wildman–Crippen MR) is 67.5 cm³/mol. The van der Waals surface area contributed by atoms with Gasteiger partial charge in [0.05, 0.1) is 0 Å². The number of rotatable bonds is 1. The predicted octanol–water partition coefficient (Wildman–Crippen LogP) is 4.37. The van der Waals surface area contributed by atoms with Gasteiger partial charge in [-0.25, -0.2) is 0 Å². The van der Waals surface area contributed by atoms with Crippen molar-refractivity contribution in [3.05, 3.63) is 56.4 Å². The van der Waals surface area contributed by atoms with Crippen molar-refractivity contribution in [1.82, 2.24) is 4.98 Å².